The van der Waals surface area contributed by atoms with Crippen molar-refractivity contribution >= 4 is 23.0 Å². The number of methoxy groups -OCH3 is 1. The van der Waals surface area contributed by atoms with Crippen molar-refractivity contribution in [2.45, 2.75) is 39.2 Å². The zero-order chi connectivity index (χ0) is 17.7. The van der Waals surface area contributed by atoms with E-state index in [0.29, 0.717) is 11.0 Å². The fourth-order valence-corrected chi connectivity index (χ4v) is 2.59. The van der Waals surface area contributed by atoms with Crippen LogP contribution in [-0.2, 0) is 5.41 Å². The second-order valence-corrected chi connectivity index (χ2v) is 7.19. The molecule has 0 bridgehead atoms. The molecule has 1 aromatic heterocycles. The second kappa shape index (κ2) is 7.62. The summed E-state index contributed by atoms with van der Waals surface area (Å²) in [6, 6.07) is 12.4. The number of thiocarbonyl (C=S) groups is 1. The van der Waals surface area contributed by atoms with E-state index in [1.54, 1.807) is 19.4 Å². The molecule has 1 heterocycles. The van der Waals surface area contributed by atoms with Crippen LogP contribution < -0.4 is 15.4 Å². The summed E-state index contributed by atoms with van der Waals surface area (Å²) in [4.78, 5) is 4.15. The Hall–Kier alpha value is -2.14. The lowest BCUT2D eigenvalue weighted by atomic mass is 9.86. The molecule has 0 aliphatic rings. The van der Waals surface area contributed by atoms with Gasteiger partial charge in [0.2, 0.25) is 5.88 Å². The van der Waals surface area contributed by atoms with Gasteiger partial charge < -0.3 is 15.4 Å². The van der Waals surface area contributed by atoms with Gasteiger partial charge in [0.15, 0.2) is 5.11 Å². The van der Waals surface area contributed by atoms with E-state index < -0.39 is 0 Å². The van der Waals surface area contributed by atoms with Gasteiger partial charge in [-0.05, 0) is 41.7 Å². The van der Waals surface area contributed by atoms with Gasteiger partial charge in [0.1, 0.15) is 0 Å². The van der Waals surface area contributed by atoms with Crippen molar-refractivity contribution < 1.29 is 4.74 Å². The van der Waals surface area contributed by atoms with Crippen molar-refractivity contribution in [2.75, 3.05) is 12.4 Å². The third-order valence-electron chi connectivity index (χ3n) is 3.83. The van der Waals surface area contributed by atoms with E-state index in [9.17, 15) is 0 Å². The molecular formula is C19H25N3OS. The van der Waals surface area contributed by atoms with E-state index >= 15 is 0 Å². The number of hydrogen-bond acceptors (Lipinski definition) is 3. The molecule has 128 valence electrons. The van der Waals surface area contributed by atoms with Gasteiger partial charge in [-0.3, -0.25) is 0 Å². The molecule has 2 N–H and O–H groups in total. The molecule has 0 fully saturated rings. The Morgan fingerprint density at radius 3 is 2.29 bits per heavy atom. The van der Waals surface area contributed by atoms with Crippen LogP contribution in [0.3, 0.4) is 0 Å². The monoisotopic (exact) mass is 343 g/mol. The van der Waals surface area contributed by atoms with Gasteiger partial charge in [0.05, 0.1) is 25.0 Å². The molecule has 2 rings (SSSR count). The molecule has 4 nitrogen and oxygen atoms in total. The number of benzene rings is 1. The van der Waals surface area contributed by atoms with E-state index in [-0.39, 0.29) is 11.5 Å². The first-order valence-electron chi connectivity index (χ1n) is 7.97. The average molecular weight is 343 g/mol. The standard InChI is InChI=1S/C19H25N3OS/c1-13(14-6-8-15(9-7-14)19(2,3)4)21-18(24)22-16-10-11-17(23-5)20-12-16/h6-13H,1-5H3,(H2,21,22,24)/t13-/m1/s1. The van der Waals surface area contributed by atoms with E-state index in [1.807, 2.05) is 6.07 Å². The lowest BCUT2D eigenvalue weighted by Gasteiger charge is -2.21. The van der Waals surface area contributed by atoms with E-state index in [0.717, 1.165) is 5.69 Å². The number of nitrogens with zero attached hydrogens (tertiary/aromatic N) is 1. The summed E-state index contributed by atoms with van der Waals surface area (Å²) in [5, 5.41) is 6.99. The second-order valence-electron chi connectivity index (χ2n) is 6.78. The molecule has 0 saturated heterocycles. The molecule has 2 aromatic rings. The molecule has 0 unspecified atom stereocenters. The fraction of sp³-hybridized carbons (Fsp3) is 0.368. The van der Waals surface area contributed by atoms with Crippen molar-refractivity contribution in [2.24, 2.45) is 0 Å². The first-order chi connectivity index (χ1) is 11.3. The first-order valence-corrected chi connectivity index (χ1v) is 8.38. The predicted molar refractivity (Wildman–Crippen MR) is 104 cm³/mol. The van der Waals surface area contributed by atoms with Crippen LogP contribution in [0.1, 0.15) is 44.9 Å². The summed E-state index contributed by atoms with van der Waals surface area (Å²) in [5.74, 6) is 0.576. The Balaban J connectivity index is 1.95. The molecule has 0 radical (unpaired) electrons. The highest BCUT2D eigenvalue weighted by Crippen LogP contribution is 2.24. The number of ether oxygens (including phenoxy) is 1. The minimum Gasteiger partial charge on any atom is -0.481 e. The first kappa shape index (κ1) is 18.2. The summed E-state index contributed by atoms with van der Waals surface area (Å²) >= 11 is 5.38. The number of hydrogen-bond donors (Lipinski definition) is 2. The van der Waals surface area contributed by atoms with Crippen LogP contribution in [0.15, 0.2) is 42.6 Å². The van der Waals surface area contributed by atoms with E-state index in [4.69, 9.17) is 17.0 Å². The molecule has 0 spiro atoms. The number of rotatable bonds is 4. The Morgan fingerprint density at radius 1 is 1.12 bits per heavy atom. The van der Waals surface area contributed by atoms with Gasteiger partial charge >= 0.3 is 0 Å². The predicted octanol–water partition coefficient (Wildman–Crippen LogP) is 4.44. The summed E-state index contributed by atoms with van der Waals surface area (Å²) < 4.78 is 5.04. The normalized spacial score (nSPS) is 12.4. The molecular weight excluding hydrogens is 318 g/mol. The van der Waals surface area contributed by atoms with Crippen LogP contribution in [0.25, 0.3) is 0 Å². The molecule has 0 amide bonds. The zero-order valence-electron chi connectivity index (χ0n) is 14.9. The highest BCUT2D eigenvalue weighted by molar-refractivity contribution is 7.80. The van der Waals surface area contributed by atoms with Crippen molar-refractivity contribution in [3.05, 3.63) is 53.7 Å². The minimum atomic E-state index is 0.116. The maximum absolute atomic E-state index is 5.38. The highest BCUT2D eigenvalue weighted by Gasteiger charge is 2.14. The summed E-state index contributed by atoms with van der Waals surface area (Å²) in [7, 11) is 1.59. The van der Waals surface area contributed by atoms with Crippen LogP contribution in [0.5, 0.6) is 5.88 Å². The number of pyridine rings is 1. The Labute approximate surface area is 149 Å². The summed E-state index contributed by atoms with van der Waals surface area (Å²) in [5.41, 5.74) is 3.50. The zero-order valence-corrected chi connectivity index (χ0v) is 15.7. The van der Waals surface area contributed by atoms with Crippen LogP contribution >= 0.6 is 12.2 Å². The van der Waals surface area contributed by atoms with Gasteiger partial charge in [0.25, 0.3) is 0 Å². The van der Waals surface area contributed by atoms with Gasteiger partial charge in [-0.2, -0.15) is 0 Å². The molecule has 1 atom stereocenters. The maximum Gasteiger partial charge on any atom is 0.213 e. The highest BCUT2D eigenvalue weighted by atomic mass is 32.1. The average Bonchev–Trinajstić information content (AvgIpc) is 2.54. The molecule has 24 heavy (non-hydrogen) atoms. The van der Waals surface area contributed by atoms with Crippen LogP contribution in [0, 0.1) is 0 Å². The molecule has 5 heteroatoms. The third kappa shape index (κ3) is 4.93. The number of anilines is 1. The number of nitrogens with one attached hydrogen (secondary N) is 2. The Kier molecular flexibility index (Phi) is 5.78. The Morgan fingerprint density at radius 2 is 1.79 bits per heavy atom. The molecule has 0 saturated carbocycles. The SMILES string of the molecule is COc1ccc(NC(=S)N[C@H](C)c2ccc(C(C)(C)C)cc2)cn1. The molecule has 0 aliphatic carbocycles. The smallest absolute Gasteiger partial charge is 0.213 e. The van der Waals surface area contributed by atoms with Gasteiger partial charge in [-0.1, -0.05) is 45.0 Å². The van der Waals surface area contributed by atoms with E-state index in [2.05, 4.69) is 67.6 Å². The largest absolute Gasteiger partial charge is 0.481 e. The fourth-order valence-electron chi connectivity index (χ4n) is 2.29. The van der Waals surface area contributed by atoms with Crippen LogP contribution in [0.2, 0.25) is 0 Å². The van der Waals surface area contributed by atoms with Gasteiger partial charge in [0, 0.05) is 6.07 Å². The molecule has 1 aromatic carbocycles. The topological polar surface area (TPSA) is 46.2 Å². The Bertz CT molecular complexity index is 675. The minimum absolute atomic E-state index is 0.116. The maximum atomic E-state index is 5.38. The van der Waals surface area contributed by atoms with Crippen LogP contribution in [0.4, 0.5) is 5.69 Å². The summed E-state index contributed by atoms with van der Waals surface area (Å²) in [6.45, 7) is 8.73. The van der Waals surface area contributed by atoms with Crippen molar-refractivity contribution in [1.29, 1.82) is 0 Å². The van der Waals surface area contributed by atoms with Crippen molar-refractivity contribution in [3.8, 4) is 5.88 Å². The van der Waals surface area contributed by atoms with Crippen LogP contribution in [-0.4, -0.2) is 17.2 Å². The summed E-state index contributed by atoms with van der Waals surface area (Å²) in [6.07, 6.45) is 1.69. The lowest BCUT2D eigenvalue weighted by molar-refractivity contribution is 0.398. The van der Waals surface area contributed by atoms with Gasteiger partial charge in [-0.25, -0.2) is 4.98 Å². The quantitative estimate of drug-likeness (QED) is 0.804. The third-order valence-corrected chi connectivity index (χ3v) is 4.05. The van der Waals surface area contributed by atoms with E-state index in [1.165, 1.54) is 11.1 Å². The number of aromatic nitrogens is 1. The van der Waals surface area contributed by atoms with Gasteiger partial charge in [-0.15, -0.1) is 0 Å². The van der Waals surface area contributed by atoms with Crippen molar-refractivity contribution in [3.63, 3.8) is 0 Å². The van der Waals surface area contributed by atoms with Crippen molar-refractivity contribution in [1.82, 2.24) is 10.3 Å². The molecule has 0 aliphatic heterocycles. The lowest BCUT2D eigenvalue weighted by Crippen LogP contribution is -2.31.